The number of piperidine rings is 1. The average molecular weight is 558 g/mol. The predicted octanol–water partition coefficient (Wildman–Crippen LogP) is 4.64. The van der Waals surface area contributed by atoms with Gasteiger partial charge in [-0.3, -0.25) is 14.7 Å². The zero-order valence-electron chi connectivity index (χ0n) is 22.0. The van der Waals surface area contributed by atoms with E-state index in [1.165, 1.54) is 48.7 Å². The molecule has 4 heterocycles. The highest BCUT2D eigenvalue weighted by atomic mass is 19.1. The molecule has 1 aliphatic heterocycles. The number of hydrogen-bond acceptors (Lipinski definition) is 7. The zero-order chi connectivity index (χ0) is 28.5. The highest BCUT2D eigenvalue weighted by Crippen LogP contribution is 2.37. The Labute approximate surface area is 232 Å². The second-order valence-electron chi connectivity index (χ2n) is 9.86. The van der Waals surface area contributed by atoms with E-state index in [1.54, 1.807) is 12.3 Å². The van der Waals surface area contributed by atoms with E-state index in [9.17, 15) is 14.0 Å². The van der Waals surface area contributed by atoms with Crippen LogP contribution < -0.4 is 15.6 Å². The average Bonchev–Trinajstić information content (AvgIpc) is 3.41. The van der Waals surface area contributed by atoms with Crippen LogP contribution in [0.1, 0.15) is 34.8 Å². The van der Waals surface area contributed by atoms with Crippen LogP contribution >= 0.6 is 0 Å². The van der Waals surface area contributed by atoms with Crippen molar-refractivity contribution in [2.45, 2.75) is 18.8 Å². The molecule has 1 amide bonds. The summed E-state index contributed by atoms with van der Waals surface area (Å²) < 4.78 is 35.4. The fraction of sp³-hybridized carbons (Fsp3) is 0.207. The third-order valence-electron chi connectivity index (χ3n) is 7.14. The van der Waals surface area contributed by atoms with Gasteiger partial charge in [0.2, 0.25) is 0 Å². The smallest absolute Gasteiger partial charge is 0.284 e. The molecule has 1 aliphatic rings. The third-order valence-corrected chi connectivity index (χ3v) is 7.14. The Morgan fingerprint density at radius 1 is 1.02 bits per heavy atom. The van der Waals surface area contributed by atoms with Crippen molar-refractivity contribution in [2.24, 2.45) is 0 Å². The predicted molar refractivity (Wildman–Crippen MR) is 148 cm³/mol. The van der Waals surface area contributed by atoms with Crippen molar-refractivity contribution in [3.8, 4) is 17.2 Å². The van der Waals surface area contributed by atoms with Gasteiger partial charge >= 0.3 is 0 Å². The number of H-pyrrole nitrogens is 1. The van der Waals surface area contributed by atoms with Crippen LogP contribution in [0.5, 0.6) is 11.5 Å². The number of likely N-dealkylation sites (tertiary alicyclic amines) is 1. The fourth-order valence-corrected chi connectivity index (χ4v) is 4.95. The molecule has 41 heavy (non-hydrogen) atoms. The van der Waals surface area contributed by atoms with E-state index in [1.807, 2.05) is 0 Å². The molecule has 208 valence electrons. The maximum atomic E-state index is 15.2. The Kier molecular flexibility index (Phi) is 6.98. The number of fused-ring (bicyclic) bond motifs is 1. The molecule has 1 fully saturated rings. The van der Waals surface area contributed by atoms with Gasteiger partial charge in [0, 0.05) is 30.1 Å². The SMILES string of the molecule is CN1CCC(c2[nH]nc3nccc(Oc4ccc(NC(=O)c5ccnn(-c6ccc(F)cc6)c5=O)cc4F)c23)CC1. The normalized spacial score (nSPS) is 14.3. The van der Waals surface area contributed by atoms with Crippen LogP contribution in [-0.4, -0.2) is 55.9 Å². The van der Waals surface area contributed by atoms with E-state index in [-0.39, 0.29) is 22.9 Å². The first-order chi connectivity index (χ1) is 19.9. The van der Waals surface area contributed by atoms with Crippen LogP contribution in [0.25, 0.3) is 16.7 Å². The van der Waals surface area contributed by atoms with Gasteiger partial charge in [-0.1, -0.05) is 0 Å². The molecule has 0 atom stereocenters. The van der Waals surface area contributed by atoms with Crippen LogP contribution in [0.3, 0.4) is 0 Å². The summed E-state index contributed by atoms with van der Waals surface area (Å²) in [6, 6.07) is 12.0. The first-order valence-electron chi connectivity index (χ1n) is 13.0. The van der Waals surface area contributed by atoms with Crippen molar-refractivity contribution >= 4 is 22.6 Å². The van der Waals surface area contributed by atoms with Gasteiger partial charge in [-0.25, -0.2) is 13.8 Å². The van der Waals surface area contributed by atoms with Gasteiger partial charge in [0.1, 0.15) is 17.1 Å². The van der Waals surface area contributed by atoms with Gasteiger partial charge in [0.15, 0.2) is 17.2 Å². The number of pyridine rings is 1. The number of aromatic nitrogens is 5. The summed E-state index contributed by atoms with van der Waals surface area (Å²) in [6.07, 6.45) is 4.74. The minimum Gasteiger partial charge on any atom is -0.453 e. The maximum Gasteiger partial charge on any atom is 0.284 e. The lowest BCUT2D eigenvalue weighted by Crippen LogP contribution is -2.29. The Balaban J connectivity index is 1.22. The van der Waals surface area contributed by atoms with Crippen LogP contribution in [0.4, 0.5) is 14.5 Å². The molecule has 0 saturated carbocycles. The summed E-state index contributed by atoms with van der Waals surface area (Å²) in [7, 11) is 2.09. The van der Waals surface area contributed by atoms with Gasteiger partial charge in [0.05, 0.1) is 16.8 Å². The molecule has 3 aromatic heterocycles. The summed E-state index contributed by atoms with van der Waals surface area (Å²) in [5.41, 5.74) is 0.901. The zero-order valence-corrected chi connectivity index (χ0v) is 22.0. The molecule has 0 spiro atoms. The molecular formula is C29H25F2N7O3. The summed E-state index contributed by atoms with van der Waals surface area (Å²) in [4.78, 5) is 32.4. The van der Waals surface area contributed by atoms with Crippen molar-refractivity contribution in [3.63, 3.8) is 0 Å². The number of nitrogens with zero attached hydrogens (tertiary/aromatic N) is 5. The van der Waals surface area contributed by atoms with Crippen LogP contribution in [0.2, 0.25) is 0 Å². The number of aromatic amines is 1. The van der Waals surface area contributed by atoms with Crippen LogP contribution in [0, 0.1) is 11.6 Å². The molecule has 12 heteroatoms. The molecule has 0 unspecified atom stereocenters. The topological polar surface area (TPSA) is 118 Å². The van der Waals surface area contributed by atoms with Gasteiger partial charge < -0.3 is 15.0 Å². The van der Waals surface area contributed by atoms with Crippen molar-refractivity contribution in [3.05, 3.63) is 100 Å². The lowest BCUT2D eigenvalue weighted by atomic mass is 9.92. The number of rotatable bonds is 6. The number of carbonyl (C=O) groups is 1. The van der Waals surface area contributed by atoms with E-state index in [0.29, 0.717) is 22.5 Å². The Morgan fingerprint density at radius 3 is 2.56 bits per heavy atom. The highest BCUT2D eigenvalue weighted by Gasteiger charge is 2.25. The fourth-order valence-electron chi connectivity index (χ4n) is 4.95. The second kappa shape index (κ2) is 10.9. The second-order valence-corrected chi connectivity index (χ2v) is 9.86. The highest BCUT2D eigenvalue weighted by molar-refractivity contribution is 6.04. The number of halogens is 2. The lowest BCUT2D eigenvalue weighted by molar-refractivity contribution is 0.102. The quantitative estimate of drug-likeness (QED) is 0.312. The van der Waals surface area contributed by atoms with Gasteiger partial charge in [-0.2, -0.15) is 14.9 Å². The third kappa shape index (κ3) is 5.29. The van der Waals surface area contributed by atoms with E-state index in [0.717, 1.165) is 42.4 Å². The van der Waals surface area contributed by atoms with E-state index >= 15 is 4.39 Å². The number of nitrogens with one attached hydrogen (secondary N) is 2. The van der Waals surface area contributed by atoms with Crippen molar-refractivity contribution in [2.75, 3.05) is 25.5 Å². The van der Waals surface area contributed by atoms with Gasteiger partial charge in [-0.05, 0) is 81.5 Å². The minimum atomic E-state index is -0.752. The first-order valence-corrected chi connectivity index (χ1v) is 13.0. The van der Waals surface area contributed by atoms with Crippen molar-refractivity contribution in [1.29, 1.82) is 0 Å². The number of ether oxygens (including phenoxy) is 1. The summed E-state index contributed by atoms with van der Waals surface area (Å²) >= 11 is 0. The van der Waals surface area contributed by atoms with E-state index in [4.69, 9.17) is 4.74 Å². The minimum absolute atomic E-state index is 0.0476. The van der Waals surface area contributed by atoms with Crippen LogP contribution in [0.15, 0.2) is 71.8 Å². The maximum absolute atomic E-state index is 15.2. The molecule has 10 nitrogen and oxygen atoms in total. The molecule has 0 radical (unpaired) electrons. The molecule has 1 saturated heterocycles. The van der Waals surface area contributed by atoms with Crippen molar-refractivity contribution < 1.29 is 18.3 Å². The molecule has 5 aromatic rings. The molecular weight excluding hydrogens is 532 g/mol. The molecule has 2 N–H and O–H groups in total. The number of amides is 1. The number of anilines is 1. The summed E-state index contributed by atoms with van der Waals surface area (Å²) in [5.74, 6) is -1.30. The van der Waals surface area contributed by atoms with Crippen molar-refractivity contribution in [1.82, 2.24) is 29.9 Å². The monoisotopic (exact) mass is 557 g/mol. The standard InChI is InChI=1S/C29H25F2N7O3/c1-37-14-10-17(11-15-37)26-25-24(9-12-32-27(25)36-35-26)41-23-7-4-19(16-22(23)31)34-28(39)21-8-13-33-38(29(21)40)20-5-2-18(30)3-6-20/h2-9,12-13,16-17H,10-11,14-15H2,1H3,(H,34,39)(H,32,35,36). The molecule has 6 rings (SSSR count). The number of hydrogen-bond donors (Lipinski definition) is 2. The lowest BCUT2D eigenvalue weighted by Gasteiger charge is -2.28. The first kappa shape index (κ1) is 26.3. The largest absolute Gasteiger partial charge is 0.453 e. The van der Waals surface area contributed by atoms with E-state index < -0.39 is 23.1 Å². The number of carbonyl (C=O) groups excluding carboxylic acids is 1. The Morgan fingerprint density at radius 2 is 1.80 bits per heavy atom. The van der Waals surface area contributed by atoms with Crippen LogP contribution in [-0.2, 0) is 0 Å². The molecule has 2 aromatic carbocycles. The Bertz CT molecular complexity index is 1800. The summed E-state index contributed by atoms with van der Waals surface area (Å²) in [6.45, 7) is 1.92. The van der Waals surface area contributed by atoms with Gasteiger partial charge in [-0.15, -0.1) is 0 Å². The molecule has 0 aliphatic carbocycles. The Hall–Kier alpha value is -4.97. The van der Waals surface area contributed by atoms with Gasteiger partial charge in [0.25, 0.3) is 11.5 Å². The summed E-state index contributed by atoms with van der Waals surface area (Å²) in [5, 5.41) is 14.7. The molecule has 0 bridgehead atoms. The number of benzene rings is 2. The van der Waals surface area contributed by atoms with E-state index in [2.05, 4.69) is 37.5 Å².